The van der Waals surface area contributed by atoms with Gasteiger partial charge in [0.2, 0.25) is 0 Å². The number of pyridine rings is 2. The zero-order valence-electron chi connectivity index (χ0n) is 24.2. The number of alkyl halides is 2. The van der Waals surface area contributed by atoms with Gasteiger partial charge in [-0.05, 0) is 36.7 Å². The quantitative estimate of drug-likeness (QED) is 0.491. The zero-order chi connectivity index (χ0) is 30.7. The lowest BCUT2D eigenvalue weighted by Crippen LogP contribution is -2.48. The summed E-state index contributed by atoms with van der Waals surface area (Å²) in [5.41, 5.74) is 3.49. The summed E-state index contributed by atoms with van der Waals surface area (Å²) < 4.78 is 32.7. The fourth-order valence-electron chi connectivity index (χ4n) is 4.67. The van der Waals surface area contributed by atoms with Gasteiger partial charge in [-0.15, -0.1) is 0 Å². The Morgan fingerprint density at radius 2 is 1.95 bits per heavy atom. The van der Waals surface area contributed by atoms with Crippen LogP contribution in [0, 0.1) is 17.8 Å². The average molecular weight is 611 g/mol. The molecule has 11 nitrogen and oxygen atoms in total. The van der Waals surface area contributed by atoms with E-state index in [2.05, 4.69) is 37.7 Å². The van der Waals surface area contributed by atoms with Gasteiger partial charge < -0.3 is 14.5 Å². The minimum absolute atomic E-state index is 0.0835. The number of thioether (sulfide) groups is 1. The molecular formula is C29H32F2N8O3S. The Labute approximate surface area is 252 Å². The van der Waals surface area contributed by atoms with E-state index < -0.39 is 18.0 Å². The van der Waals surface area contributed by atoms with E-state index in [1.165, 1.54) is 42.2 Å². The van der Waals surface area contributed by atoms with Gasteiger partial charge in [0.15, 0.2) is 10.5 Å². The Bertz CT molecular complexity index is 1540. The molecule has 2 N–H and O–H groups in total. The van der Waals surface area contributed by atoms with Crippen LogP contribution in [-0.4, -0.2) is 76.0 Å². The van der Waals surface area contributed by atoms with Gasteiger partial charge in [0.25, 0.3) is 18.2 Å². The van der Waals surface area contributed by atoms with Crippen molar-refractivity contribution < 1.29 is 23.1 Å². The number of hydrogen-bond acceptors (Lipinski definition) is 10. The van der Waals surface area contributed by atoms with Crippen molar-refractivity contribution in [3.8, 4) is 28.7 Å². The molecular weight excluding hydrogens is 578 g/mol. The molecule has 43 heavy (non-hydrogen) atoms. The normalized spacial score (nSPS) is 19.0. The van der Waals surface area contributed by atoms with Crippen molar-refractivity contribution in [3.63, 3.8) is 0 Å². The summed E-state index contributed by atoms with van der Waals surface area (Å²) in [5, 5.41) is 6.95. The van der Waals surface area contributed by atoms with Gasteiger partial charge in [0, 0.05) is 49.6 Å². The molecule has 5 heterocycles. The molecule has 14 heteroatoms. The third kappa shape index (κ3) is 6.51. The molecule has 2 amide bonds. The maximum Gasteiger partial charge on any atom is 0.280 e. The highest BCUT2D eigenvalue weighted by Gasteiger charge is 2.35. The standard InChI is InChI=1S/C27H26F2N8O3S.C2H6/c1-35-13-20-26(39)37(8-7-36(20)14-35)22-10-16(17-9-19(24(28)29)30-12-21(17)40-2)18(11-31-22)25(38)32-27-34-33-23(41-27)6-5-15-3-4-15;1-2/h9-13,15,23-24,33H,3-4,7-8,14H2,1-2H3,(H,32,34,38);1-2H3. The number of carbonyl (C=O) groups is 2. The third-order valence-corrected chi connectivity index (χ3v) is 7.77. The van der Waals surface area contributed by atoms with Crippen LogP contribution in [0.15, 0.2) is 41.5 Å². The third-order valence-electron chi connectivity index (χ3n) is 6.90. The van der Waals surface area contributed by atoms with Crippen molar-refractivity contribution in [1.82, 2.24) is 30.5 Å². The highest BCUT2D eigenvalue weighted by molar-refractivity contribution is 8.14. The predicted molar refractivity (Wildman–Crippen MR) is 160 cm³/mol. The highest BCUT2D eigenvalue weighted by atomic mass is 32.2. The van der Waals surface area contributed by atoms with E-state index in [1.54, 1.807) is 12.3 Å². The molecule has 4 aliphatic rings. The van der Waals surface area contributed by atoms with Crippen LogP contribution < -0.4 is 20.4 Å². The number of hydrazone groups is 1. The molecule has 2 aromatic rings. The van der Waals surface area contributed by atoms with Crippen molar-refractivity contribution in [3.05, 3.63) is 47.7 Å². The van der Waals surface area contributed by atoms with E-state index in [0.29, 0.717) is 36.5 Å². The minimum atomic E-state index is -2.84. The van der Waals surface area contributed by atoms with E-state index in [4.69, 9.17) is 4.74 Å². The first kappa shape index (κ1) is 30.1. The topological polar surface area (TPSA) is 115 Å². The number of amidine groups is 1. The second kappa shape index (κ2) is 12.9. The Morgan fingerprint density at radius 3 is 2.67 bits per heavy atom. The molecule has 1 atom stereocenters. The predicted octanol–water partition coefficient (Wildman–Crippen LogP) is 3.59. The maximum absolute atomic E-state index is 13.7. The van der Waals surface area contributed by atoms with Crippen molar-refractivity contribution in [2.75, 3.05) is 38.8 Å². The van der Waals surface area contributed by atoms with Crippen LogP contribution in [-0.2, 0) is 4.79 Å². The van der Waals surface area contributed by atoms with Crippen LogP contribution in [0.25, 0.3) is 11.1 Å². The van der Waals surface area contributed by atoms with Crippen LogP contribution >= 0.6 is 11.8 Å². The number of fused-ring (bicyclic) bond motifs is 1. The SMILES string of the molecule is CC.COc1cnc(C(F)F)cc1-c1cc(N2CCN3CN(C)C=C3C2=O)ncc1C(=O)NC1=NNC(C#CC2CC2)S1. The van der Waals surface area contributed by atoms with Crippen LogP contribution in [0.3, 0.4) is 0 Å². The first-order valence-electron chi connectivity index (χ1n) is 13.9. The first-order valence-corrected chi connectivity index (χ1v) is 14.8. The zero-order valence-corrected chi connectivity index (χ0v) is 25.0. The van der Waals surface area contributed by atoms with Gasteiger partial charge in [-0.2, -0.15) is 5.10 Å². The Balaban J connectivity index is 0.00000180. The van der Waals surface area contributed by atoms with Crippen LogP contribution in [0.5, 0.6) is 5.75 Å². The molecule has 1 saturated carbocycles. The highest BCUT2D eigenvalue weighted by Crippen LogP contribution is 2.37. The number of amides is 2. The van der Waals surface area contributed by atoms with Crippen LogP contribution in [0.4, 0.5) is 14.6 Å². The average Bonchev–Trinajstić information content (AvgIpc) is 3.61. The van der Waals surface area contributed by atoms with E-state index in [9.17, 15) is 18.4 Å². The van der Waals surface area contributed by atoms with Crippen LogP contribution in [0.1, 0.15) is 49.2 Å². The fourth-order valence-corrected chi connectivity index (χ4v) is 5.38. The van der Waals surface area contributed by atoms with Gasteiger partial charge >= 0.3 is 0 Å². The number of nitrogens with one attached hydrogen (secondary N) is 2. The molecule has 6 rings (SSSR count). The Hall–Kier alpha value is -4.38. The van der Waals surface area contributed by atoms with Gasteiger partial charge in [-0.1, -0.05) is 25.7 Å². The monoisotopic (exact) mass is 610 g/mol. The number of piperazine rings is 1. The molecule has 0 spiro atoms. The van der Waals surface area contributed by atoms with Crippen molar-refractivity contribution >= 4 is 34.6 Å². The van der Waals surface area contributed by atoms with Gasteiger partial charge in [0.05, 0.1) is 25.5 Å². The Kier molecular flexibility index (Phi) is 9.00. The number of halogens is 2. The second-order valence-electron chi connectivity index (χ2n) is 9.89. The van der Waals surface area contributed by atoms with Crippen LogP contribution in [0.2, 0.25) is 0 Å². The number of carbonyl (C=O) groups excluding carboxylic acids is 2. The second-order valence-corrected chi connectivity index (χ2v) is 11.0. The molecule has 2 fully saturated rings. The number of ether oxygens (including phenoxy) is 1. The largest absolute Gasteiger partial charge is 0.494 e. The summed E-state index contributed by atoms with van der Waals surface area (Å²) in [4.78, 5) is 40.5. The fraction of sp³-hybridized carbons (Fsp3) is 0.414. The summed E-state index contributed by atoms with van der Waals surface area (Å²) in [5.74, 6) is 6.35. The number of rotatable bonds is 5. The molecule has 1 aliphatic carbocycles. The van der Waals surface area contributed by atoms with Gasteiger partial charge in [-0.25, -0.2) is 13.8 Å². The number of hydrogen-bond donors (Lipinski definition) is 2. The van der Waals surface area contributed by atoms with E-state index in [-0.39, 0.29) is 39.5 Å². The summed E-state index contributed by atoms with van der Waals surface area (Å²) in [7, 11) is 3.27. The molecule has 1 unspecified atom stereocenters. The van der Waals surface area contributed by atoms with Crippen molar-refractivity contribution in [2.24, 2.45) is 11.0 Å². The van der Waals surface area contributed by atoms with Gasteiger partial charge in [-0.3, -0.25) is 30.2 Å². The molecule has 226 valence electrons. The van der Waals surface area contributed by atoms with Crippen molar-refractivity contribution in [2.45, 2.75) is 38.5 Å². The van der Waals surface area contributed by atoms with Crippen molar-refractivity contribution in [1.29, 1.82) is 0 Å². The van der Waals surface area contributed by atoms with Gasteiger partial charge in [0.1, 0.15) is 23.0 Å². The number of anilines is 1. The lowest BCUT2D eigenvalue weighted by atomic mass is 9.99. The first-order chi connectivity index (χ1) is 20.8. The van der Waals surface area contributed by atoms with E-state index >= 15 is 0 Å². The molecule has 3 aliphatic heterocycles. The molecule has 0 bridgehead atoms. The molecule has 0 aromatic carbocycles. The summed E-state index contributed by atoms with van der Waals surface area (Å²) in [6.45, 7) is 5.56. The lowest BCUT2D eigenvalue weighted by Gasteiger charge is -2.34. The maximum atomic E-state index is 13.7. The molecule has 2 aromatic heterocycles. The molecule has 0 radical (unpaired) electrons. The lowest BCUT2D eigenvalue weighted by molar-refractivity contribution is -0.117. The Morgan fingerprint density at radius 1 is 1.16 bits per heavy atom. The number of aromatic nitrogens is 2. The summed E-state index contributed by atoms with van der Waals surface area (Å²) in [6, 6.07) is 2.72. The number of nitrogens with zero attached hydrogens (tertiary/aromatic N) is 6. The molecule has 1 saturated heterocycles. The van der Waals surface area contributed by atoms with E-state index in [1.807, 2.05) is 30.7 Å². The van der Waals surface area contributed by atoms with E-state index in [0.717, 1.165) is 12.8 Å². The number of methoxy groups -OCH3 is 1. The summed E-state index contributed by atoms with van der Waals surface area (Å²) >= 11 is 1.27. The summed E-state index contributed by atoms with van der Waals surface area (Å²) in [6.07, 6.45) is 3.64. The smallest absolute Gasteiger partial charge is 0.280 e. The minimum Gasteiger partial charge on any atom is -0.494 e.